The van der Waals surface area contributed by atoms with Gasteiger partial charge in [0, 0.05) is 18.8 Å². The molecule has 2 N–H and O–H groups in total. The van der Waals surface area contributed by atoms with Crippen molar-refractivity contribution in [2.75, 3.05) is 19.1 Å². The van der Waals surface area contributed by atoms with E-state index in [2.05, 4.69) is 13.2 Å². The third-order valence-corrected chi connectivity index (χ3v) is 5.40. The van der Waals surface area contributed by atoms with E-state index in [1.54, 1.807) is 11.8 Å². The Bertz CT molecular complexity index is 327. The van der Waals surface area contributed by atoms with Crippen LogP contribution in [0.2, 0.25) is 0 Å². The van der Waals surface area contributed by atoms with Crippen molar-refractivity contribution in [1.82, 2.24) is 4.90 Å². The largest absolute Gasteiger partial charge is 0.392 e. The summed E-state index contributed by atoms with van der Waals surface area (Å²) >= 11 is 7.01. The number of nitrogens with two attached hydrogens (primary N) is 1. The van der Waals surface area contributed by atoms with Gasteiger partial charge in [-0.3, -0.25) is 4.79 Å². The third-order valence-electron chi connectivity index (χ3n) is 4.29. The normalized spacial score (nSPS) is 19.7. The molecule has 110 valence electrons. The van der Waals surface area contributed by atoms with Gasteiger partial charge in [0.25, 0.3) is 0 Å². The second-order valence-corrected chi connectivity index (χ2v) is 6.79. The van der Waals surface area contributed by atoms with Crippen LogP contribution in [0.1, 0.15) is 45.4 Å². The molecule has 1 aliphatic rings. The molecule has 0 spiro atoms. The molecule has 0 aromatic rings. The lowest BCUT2D eigenvalue weighted by atomic mass is 9.72. The summed E-state index contributed by atoms with van der Waals surface area (Å²) < 4.78 is 0. The molecule has 1 unspecified atom stereocenters. The fourth-order valence-electron chi connectivity index (χ4n) is 2.92. The summed E-state index contributed by atoms with van der Waals surface area (Å²) in [7, 11) is 1.90. The molecular weight excluding hydrogens is 276 g/mol. The van der Waals surface area contributed by atoms with Gasteiger partial charge in [0.1, 0.15) is 0 Å². The predicted molar refractivity (Wildman–Crippen MR) is 87.5 cm³/mol. The van der Waals surface area contributed by atoms with Gasteiger partial charge in [-0.1, -0.05) is 38.4 Å². The fraction of sp³-hybridized carbons (Fsp3) is 0.857. The molecule has 1 saturated carbocycles. The Morgan fingerprint density at radius 3 is 2.42 bits per heavy atom. The molecule has 5 heteroatoms. The molecule has 0 heterocycles. The molecule has 0 radical (unpaired) electrons. The van der Waals surface area contributed by atoms with E-state index < -0.39 is 5.41 Å². The first-order chi connectivity index (χ1) is 8.99. The molecule has 0 bridgehead atoms. The number of carbonyl (C=O) groups excluding carboxylic acids is 1. The first-order valence-corrected chi connectivity index (χ1v) is 8.86. The SMILES string of the molecule is CCC(CSC)N(C)C(=O)C1(C(N)=S)CCCCC1. The molecule has 1 aliphatic carbocycles. The molecular formula is C14H26N2OS2. The average molecular weight is 303 g/mol. The summed E-state index contributed by atoms with van der Waals surface area (Å²) in [5, 5.41) is 0. The van der Waals surface area contributed by atoms with Crippen molar-refractivity contribution in [3.63, 3.8) is 0 Å². The summed E-state index contributed by atoms with van der Waals surface area (Å²) in [6.45, 7) is 2.12. The Hall–Kier alpha value is -0.290. The van der Waals surface area contributed by atoms with Crippen molar-refractivity contribution in [2.24, 2.45) is 11.1 Å². The lowest BCUT2D eigenvalue weighted by molar-refractivity contribution is -0.140. The van der Waals surface area contributed by atoms with Gasteiger partial charge in [-0.25, -0.2) is 0 Å². The van der Waals surface area contributed by atoms with Gasteiger partial charge in [0.2, 0.25) is 5.91 Å². The lowest BCUT2D eigenvalue weighted by Crippen LogP contribution is -2.53. The van der Waals surface area contributed by atoms with Crippen LogP contribution in [0.3, 0.4) is 0 Å². The van der Waals surface area contributed by atoms with Crippen molar-refractivity contribution < 1.29 is 4.79 Å². The Balaban J connectivity index is 2.90. The van der Waals surface area contributed by atoms with Gasteiger partial charge in [-0.15, -0.1) is 0 Å². The van der Waals surface area contributed by atoms with Gasteiger partial charge in [-0.2, -0.15) is 11.8 Å². The second-order valence-electron chi connectivity index (χ2n) is 5.44. The van der Waals surface area contributed by atoms with Gasteiger partial charge < -0.3 is 10.6 Å². The van der Waals surface area contributed by atoms with Crippen LogP contribution in [0.5, 0.6) is 0 Å². The highest BCUT2D eigenvalue weighted by Crippen LogP contribution is 2.38. The van der Waals surface area contributed by atoms with Gasteiger partial charge in [0.05, 0.1) is 10.4 Å². The maximum Gasteiger partial charge on any atom is 0.235 e. The zero-order valence-electron chi connectivity index (χ0n) is 12.3. The second kappa shape index (κ2) is 7.48. The summed E-state index contributed by atoms with van der Waals surface area (Å²) in [5.74, 6) is 1.10. The quantitative estimate of drug-likeness (QED) is 0.766. The number of nitrogens with zero attached hydrogens (tertiary/aromatic N) is 1. The minimum Gasteiger partial charge on any atom is -0.392 e. The van der Waals surface area contributed by atoms with Crippen molar-refractivity contribution in [2.45, 2.75) is 51.5 Å². The van der Waals surface area contributed by atoms with Crippen LogP contribution >= 0.6 is 24.0 Å². The molecule has 3 nitrogen and oxygen atoms in total. The minimum absolute atomic E-state index is 0.139. The van der Waals surface area contributed by atoms with E-state index in [0.717, 1.165) is 37.9 Å². The zero-order chi connectivity index (χ0) is 14.5. The molecule has 1 atom stereocenters. The molecule has 0 aromatic carbocycles. The average Bonchev–Trinajstić information content (AvgIpc) is 2.43. The van der Waals surface area contributed by atoms with Crippen molar-refractivity contribution in [3.05, 3.63) is 0 Å². The topological polar surface area (TPSA) is 46.3 Å². The Kier molecular flexibility index (Phi) is 6.60. The number of thiocarbonyl (C=S) groups is 1. The summed E-state index contributed by atoms with van der Waals surface area (Å²) in [6.07, 6.45) is 7.97. The van der Waals surface area contributed by atoms with Crippen LogP contribution in [0, 0.1) is 5.41 Å². The number of thioether (sulfide) groups is 1. The van der Waals surface area contributed by atoms with Crippen LogP contribution in [0.4, 0.5) is 0 Å². The van der Waals surface area contributed by atoms with E-state index in [4.69, 9.17) is 18.0 Å². The molecule has 19 heavy (non-hydrogen) atoms. The summed E-state index contributed by atoms with van der Waals surface area (Å²) in [6, 6.07) is 0.274. The van der Waals surface area contributed by atoms with Gasteiger partial charge in [-0.05, 0) is 25.5 Å². The smallest absolute Gasteiger partial charge is 0.235 e. The van der Waals surface area contributed by atoms with Crippen LogP contribution < -0.4 is 5.73 Å². The highest BCUT2D eigenvalue weighted by atomic mass is 32.2. The van der Waals surface area contributed by atoms with E-state index in [-0.39, 0.29) is 11.9 Å². The molecule has 1 fully saturated rings. The fourth-order valence-corrected chi connectivity index (χ4v) is 4.06. The number of amides is 1. The minimum atomic E-state index is -0.575. The van der Waals surface area contributed by atoms with Crippen LogP contribution in [-0.2, 0) is 4.79 Å². The van der Waals surface area contributed by atoms with E-state index in [1.165, 1.54) is 6.42 Å². The highest BCUT2D eigenvalue weighted by molar-refractivity contribution is 7.98. The molecule has 0 aliphatic heterocycles. The lowest BCUT2D eigenvalue weighted by Gasteiger charge is -2.40. The molecule has 1 amide bonds. The number of hydrogen-bond donors (Lipinski definition) is 1. The Morgan fingerprint density at radius 2 is 2.00 bits per heavy atom. The predicted octanol–water partition coefficient (Wildman–Crippen LogP) is 2.82. The summed E-state index contributed by atoms with van der Waals surface area (Å²) in [5.41, 5.74) is 5.36. The first kappa shape index (κ1) is 16.8. The van der Waals surface area contributed by atoms with Crippen LogP contribution in [0.25, 0.3) is 0 Å². The summed E-state index contributed by atoms with van der Waals surface area (Å²) in [4.78, 5) is 15.2. The van der Waals surface area contributed by atoms with Crippen LogP contribution in [0.15, 0.2) is 0 Å². The van der Waals surface area contributed by atoms with Gasteiger partial charge in [0.15, 0.2) is 0 Å². The zero-order valence-corrected chi connectivity index (χ0v) is 13.9. The number of rotatable bonds is 6. The maximum absolute atomic E-state index is 12.9. The van der Waals surface area contributed by atoms with E-state index in [0.29, 0.717) is 4.99 Å². The van der Waals surface area contributed by atoms with E-state index >= 15 is 0 Å². The number of hydrogen-bond acceptors (Lipinski definition) is 3. The molecule has 0 saturated heterocycles. The monoisotopic (exact) mass is 302 g/mol. The van der Waals surface area contributed by atoms with Crippen LogP contribution in [-0.4, -0.2) is 40.9 Å². The van der Waals surface area contributed by atoms with Crippen molar-refractivity contribution >= 4 is 34.9 Å². The highest BCUT2D eigenvalue weighted by Gasteiger charge is 2.44. The standard InChI is InChI=1S/C14H26N2OS2/c1-4-11(10-19-3)16(2)13(17)14(12(15)18)8-6-5-7-9-14/h11H,4-10H2,1-3H3,(H2,15,18). The third kappa shape index (κ3) is 3.63. The maximum atomic E-state index is 12.9. The Labute approximate surface area is 126 Å². The van der Waals surface area contributed by atoms with Crippen molar-refractivity contribution in [1.29, 1.82) is 0 Å². The van der Waals surface area contributed by atoms with Gasteiger partial charge >= 0.3 is 0 Å². The first-order valence-electron chi connectivity index (χ1n) is 7.05. The number of carbonyl (C=O) groups is 1. The van der Waals surface area contributed by atoms with E-state index in [9.17, 15) is 4.79 Å². The molecule has 1 rings (SSSR count). The molecule has 0 aromatic heterocycles. The Morgan fingerprint density at radius 1 is 1.42 bits per heavy atom. The van der Waals surface area contributed by atoms with Crippen molar-refractivity contribution in [3.8, 4) is 0 Å². The van der Waals surface area contributed by atoms with E-state index in [1.807, 2.05) is 11.9 Å².